The van der Waals surface area contributed by atoms with E-state index in [0.717, 1.165) is 0 Å². The lowest BCUT2D eigenvalue weighted by atomic mass is 10.0. The van der Waals surface area contributed by atoms with Crippen molar-refractivity contribution < 1.29 is 19.4 Å². The van der Waals surface area contributed by atoms with Crippen molar-refractivity contribution >= 4 is 17.7 Å². The molecule has 1 fully saturated rings. The number of anilines is 1. The van der Waals surface area contributed by atoms with Crippen LogP contribution in [0.4, 0.5) is 5.82 Å². The number of carboxylic acids is 1. The van der Waals surface area contributed by atoms with Crippen molar-refractivity contribution in [2.24, 2.45) is 5.92 Å². The van der Waals surface area contributed by atoms with Crippen molar-refractivity contribution in [3.05, 3.63) is 24.4 Å². The lowest BCUT2D eigenvalue weighted by molar-refractivity contribution is -0.143. The standard InChI is InChI=1S/C13H18N4O4/c1-17(10-8-21-7-9(10)13(19)20)6-12(18)16-15-11-4-2-3-5-14-11/h2-5,9-10H,6-8H2,1H3,(H,14,15)(H,16,18)(H,19,20). The quantitative estimate of drug-likeness (QED) is 0.611. The number of hydrogen-bond acceptors (Lipinski definition) is 6. The van der Waals surface area contributed by atoms with Crippen molar-refractivity contribution in [3.63, 3.8) is 0 Å². The molecule has 2 unspecified atom stereocenters. The Morgan fingerprint density at radius 2 is 2.29 bits per heavy atom. The van der Waals surface area contributed by atoms with Crippen molar-refractivity contribution in [2.45, 2.75) is 6.04 Å². The van der Waals surface area contributed by atoms with Crippen LogP contribution in [0.1, 0.15) is 0 Å². The molecule has 0 aromatic carbocycles. The molecule has 1 aromatic heterocycles. The number of ether oxygens (including phenoxy) is 1. The second-order valence-corrected chi connectivity index (χ2v) is 4.85. The van der Waals surface area contributed by atoms with E-state index in [1.165, 1.54) is 0 Å². The average molecular weight is 294 g/mol. The average Bonchev–Trinajstić information content (AvgIpc) is 2.96. The maximum absolute atomic E-state index is 11.8. The monoisotopic (exact) mass is 294 g/mol. The van der Waals surface area contributed by atoms with Crippen LogP contribution in [-0.4, -0.2) is 59.7 Å². The molecule has 0 saturated carbocycles. The van der Waals surface area contributed by atoms with Crippen LogP contribution in [0.15, 0.2) is 24.4 Å². The number of aromatic nitrogens is 1. The Bertz CT molecular complexity index is 496. The highest BCUT2D eigenvalue weighted by atomic mass is 16.5. The summed E-state index contributed by atoms with van der Waals surface area (Å²) in [6.07, 6.45) is 1.61. The summed E-state index contributed by atoms with van der Waals surface area (Å²) in [6, 6.07) is 4.98. The van der Waals surface area contributed by atoms with Crippen LogP contribution >= 0.6 is 0 Å². The molecule has 0 radical (unpaired) electrons. The van der Waals surface area contributed by atoms with Gasteiger partial charge in [0.2, 0.25) is 0 Å². The number of carbonyl (C=O) groups is 2. The molecule has 1 aliphatic rings. The normalized spacial score (nSPS) is 21.2. The molecular weight excluding hydrogens is 276 g/mol. The molecule has 21 heavy (non-hydrogen) atoms. The summed E-state index contributed by atoms with van der Waals surface area (Å²) < 4.78 is 5.18. The Kier molecular flexibility index (Phi) is 5.07. The molecule has 114 valence electrons. The van der Waals surface area contributed by atoms with E-state index in [4.69, 9.17) is 9.84 Å². The molecule has 1 saturated heterocycles. The van der Waals surface area contributed by atoms with Gasteiger partial charge in [0, 0.05) is 12.2 Å². The third kappa shape index (κ3) is 4.14. The second kappa shape index (κ2) is 7.00. The van der Waals surface area contributed by atoms with Crippen molar-refractivity contribution in [1.82, 2.24) is 15.3 Å². The molecule has 1 amide bonds. The van der Waals surface area contributed by atoms with E-state index in [-0.39, 0.29) is 25.1 Å². The van der Waals surface area contributed by atoms with Gasteiger partial charge in [-0.2, -0.15) is 0 Å². The minimum absolute atomic E-state index is 0.0671. The summed E-state index contributed by atoms with van der Waals surface area (Å²) >= 11 is 0. The topological polar surface area (TPSA) is 104 Å². The van der Waals surface area contributed by atoms with Gasteiger partial charge in [0.15, 0.2) is 0 Å². The number of nitrogens with one attached hydrogen (secondary N) is 2. The number of carbonyl (C=O) groups excluding carboxylic acids is 1. The Hall–Kier alpha value is -2.19. The van der Waals surface area contributed by atoms with Gasteiger partial charge in [-0.15, -0.1) is 0 Å². The SMILES string of the molecule is CN(CC(=O)NNc1ccccn1)C1COCC1C(=O)O. The fourth-order valence-corrected chi connectivity index (χ4v) is 2.17. The molecule has 3 N–H and O–H groups in total. The Morgan fingerprint density at radius 3 is 2.95 bits per heavy atom. The third-order valence-corrected chi connectivity index (χ3v) is 3.32. The second-order valence-electron chi connectivity index (χ2n) is 4.85. The fourth-order valence-electron chi connectivity index (χ4n) is 2.17. The van der Waals surface area contributed by atoms with Crippen LogP contribution in [0.25, 0.3) is 0 Å². The van der Waals surface area contributed by atoms with E-state index in [9.17, 15) is 9.59 Å². The van der Waals surface area contributed by atoms with E-state index in [2.05, 4.69) is 15.8 Å². The van der Waals surface area contributed by atoms with Gasteiger partial charge in [0.1, 0.15) is 5.82 Å². The largest absolute Gasteiger partial charge is 0.481 e. The lowest BCUT2D eigenvalue weighted by Crippen LogP contribution is -2.46. The zero-order chi connectivity index (χ0) is 15.2. The Balaban J connectivity index is 1.80. The predicted molar refractivity (Wildman–Crippen MR) is 74.4 cm³/mol. The molecule has 0 aliphatic carbocycles. The van der Waals surface area contributed by atoms with Crippen LogP contribution < -0.4 is 10.9 Å². The first-order valence-electron chi connectivity index (χ1n) is 6.54. The number of hydrazine groups is 1. The third-order valence-electron chi connectivity index (χ3n) is 3.32. The molecule has 2 atom stereocenters. The minimum Gasteiger partial charge on any atom is -0.481 e. The molecule has 8 nitrogen and oxygen atoms in total. The van der Waals surface area contributed by atoms with Crippen LogP contribution in [0, 0.1) is 5.92 Å². The zero-order valence-corrected chi connectivity index (χ0v) is 11.7. The number of carboxylic acid groups (broad SMARTS) is 1. The van der Waals surface area contributed by atoms with Crippen molar-refractivity contribution in [2.75, 3.05) is 32.2 Å². The van der Waals surface area contributed by atoms with Crippen molar-refractivity contribution in [1.29, 1.82) is 0 Å². The molecule has 1 aromatic rings. The highest BCUT2D eigenvalue weighted by molar-refractivity contribution is 5.79. The van der Waals surface area contributed by atoms with E-state index in [1.54, 1.807) is 36.3 Å². The summed E-state index contributed by atoms with van der Waals surface area (Å²) in [5.74, 6) is -1.26. The van der Waals surface area contributed by atoms with Gasteiger partial charge >= 0.3 is 5.97 Å². The van der Waals surface area contributed by atoms with Crippen LogP contribution in [0.3, 0.4) is 0 Å². The van der Waals surface area contributed by atoms with Crippen LogP contribution in [0.2, 0.25) is 0 Å². The zero-order valence-electron chi connectivity index (χ0n) is 11.7. The molecule has 8 heteroatoms. The molecule has 2 rings (SSSR count). The van der Waals surface area contributed by atoms with Gasteiger partial charge in [-0.25, -0.2) is 4.98 Å². The summed E-state index contributed by atoms with van der Waals surface area (Å²) in [7, 11) is 1.70. The first-order chi connectivity index (χ1) is 10.1. The van der Waals surface area contributed by atoms with Gasteiger partial charge in [-0.05, 0) is 19.2 Å². The van der Waals surface area contributed by atoms with E-state index < -0.39 is 11.9 Å². The molecule has 0 bridgehead atoms. The number of aliphatic carboxylic acids is 1. The van der Waals surface area contributed by atoms with Gasteiger partial charge in [0.05, 0.1) is 25.7 Å². The van der Waals surface area contributed by atoms with Gasteiger partial charge in [-0.3, -0.25) is 25.3 Å². The van der Waals surface area contributed by atoms with Crippen LogP contribution in [0.5, 0.6) is 0 Å². The maximum Gasteiger partial charge on any atom is 0.310 e. The highest BCUT2D eigenvalue weighted by Gasteiger charge is 2.37. The maximum atomic E-state index is 11.8. The summed E-state index contributed by atoms with van der Waals surface area (Å²) in [4.78, 5) is 28.6. The smallest absolute Gasteiger partial charge is 0.310 e. The van der Waals surface area contributed by atoms with Gasteiger partial charge < -0.3 is 9.84 Å². The van der Waals surface area contributed by atoms with Crippen LogP contribution in [-0.2, 0) is 14.3 Å². The lowest BCUT2D eigenvalue weighted by Gasteiger charge is -2.25. The van der Waals surface area contributed by atoms with Gasteiger partial charge in [-0.1, -0.05) is 6.07 Å². The number of nitrogens with zero attached hydrogens (tertiary/aromatic N) is 2. The highest BCUT2D eigenvalue weighted by Crippen LogP contribution is 2.18. The minimum atomic E-state index is -0.906. The Labute approximate surface area is 122 Å². The summed E-state index contributed by atoms with van der Waals surface area (Å²) in [6.45, 7) is 0.560. The molecule has 1 aliphatic heterocycles. The van der Waals surface area contributed by atoms with E-state index in [0.29, 0.717) is 12.4 Å². The predicted octanol–water partition coefficient (Wildman–Crippen LogP) is -0.444. The van der Waals surface area contributed by atoms with E-state index in [1.807, 2.05) is 0 Å². The Morgan fingerprint density at radius 1 is 1.48 bits per heavy atom. The summed E-state index contributed by atoms with van der Waals surface area (Å²) in [5.41, 5.74) is 5.21. The number of likely N-dealkylation sites (N-methyl/N-ethyl adjacent to an activating group) is 1. The van der Waals surface area contributed by atoms with E-state index >= 15 is 0 Å². The molecule has 0 spiro atoms. The molecule has 2 heterocycles. The number of amides is 1. The number of hydrogen-bond donors (Lipinski definition) is 3. The first-order valence-corrected chi connectivity index (χ1v) is 6.54. The summed E-state index contributed by atoms with van der Waals surface area (Å²) in [5, 5.41) is 9.09. The first kappa shape index (κ1) is 15.2. The van der Waals surface area contributed by atoms with Gasteiger partial charge in [0.25, 0.3) is 5.91 Å². The molecular formula is C13H18N4O4. The number of rotatable bonds is 6. The number of pyridine rings is 1. The fraction of sp³-hybridized carbons (Fsp3) is 0.462. The van der Waals surface area contributed by atoms with Crippen molar-refractivity contribution in [3.8, 4) is 0 Å².